The molecule has 1 aromatic rings. The maximum Gasteiger partial charge on any atom is 0.0943 e. The quantitative estimate of drug-likeness (QED) is 0.838. The molecule has 1 aliphatic carbocycles. The molecule has 2 heteroatoms. The Balaban J connectivity index is 1.76. The lowest BCUT2D eigenvalue weighted by atomic mass is 9.79. The highest BCUT2D eigenvalue weighted by Crippen LogP contribution is 2.37. The molecule has 2 fully saturated rings. The first-order valence-corrected chi connectivity index (χ1v) is 6.86. The van der Waals surface area contributed by atoms with Crippen molar-refractivity contribution in [3.8, 4) is 0 Å². The Morgan fingerprint density at radius 3 is 2.71 bits per heavy atom. The molecule has 0 amide bonds. The molecule has 0 spiro atoms. The van der Waals surface area contributed by atoms with Gasteiger partial charge in [0.1, 0.15) is 0 Å². The SMILES string of the molecule is OC(c1cccc(C2CCC2)c1)C1CCCN1. The molecule has 0 bridgehead atoms. The lowest BCUT2D eigenvalue weighted by Gasteiger charge is -2.27. The van der Waals surface area contributed by atoms with Gasteiger partial charge in [0.2, 0.25) is 0 Å². The minimum absolute atomic E-state index is 0.256. The van der Waals surface area contributed by atoms with E-state index in [9.17, 15) is 5.11 Å². The van der Waals surface area contributed by atoms with Crippen molar-refractivity contribution in [3.05, 3.63) is 35.4 Å². The second-order valence-electron chi connectivity index (χ2n) is 5.45. The summed E-state index contributed by atoms with van der Waals surface area (Å²) in [4.78, 5) is 0. The van der Waals surface area contributed by atoms with Gasteiger partial charge in [-0.2, -0.15) is 0 Å². The van der Waals surface area contributed by atoms with Gasteiger partial charge in [0.15, 0.2) is 0 Å². The molecule has 92 valence electrons. The molecule has 1 saturated carbocycles. The smallest absolute Gasteiger partial charge is 0.0943 e. The molecular weight excluding hydrogens is 210 g/mol. The summed E-state index contributed by atoms with van der Waals surface area (Å²) in [5.74, 6) is 0.749. The van der Waals surface area contributed by atoms with E-state index in [0.29, 0.717) is 0 Å². The Morgan fingerprint density at radius 2 is 2.06 bits per heavy atom. The van der Waals surface area contributed by atoms with Crippen LogP contribution in [0.25, 0.3) is 0 Å². The van der Waals surface area contributed by atoms with E-state index in [-0.39, 0.29) is 12.1 Å². The second kappa shape index (κ2) is 4.79. The molecule has 1 heterocycles. The average Bonchev–Trinajstić information content (AvgIpc) is 2.79. The monoisotopic (exact) mass is 231 g/mol. The standard InChI is InChI=1S/C15H21NO/c17-15(14-8-3-9-16-14)13-7-2-6-12(10-13)11-4-1-5-11/h2,6-7,10-11,14-17H,1,3-5,8-9H2. The van der Waals surface area contributed by atoms with Gasteiger partial charge >= 0.3 is 0 Å². The molecule has 17 heavy (non-hydrogen) atoms. The number of rotatable bonds is 3. The van der Waals surface area contributed by atoms with E-state index < -0.39 is 0 Å². The van der Waals surface area contributed by atoms with Crippen molar-refractivity contribution >= 4 is 0 Å². The highest BCUT2D eigenvalue weighted by molar-refractivity contribution is 5.29. The topological polar surface area (TPSA) is 32.3 Å². The summed E-state index contributed by atoms with van der Waals surface area (Å²) < 4.78 is 0. The number of nitrogens with one attached hydrogen (secondary N) is 1. The van der Waals surface area contributed by atoms with Gasteiger partial charge in [-0.1, -0.05) is 30.7 Å². The molecule has 1 saturated heterocycles. The van der Waals surface area contributed by atoms with Crippen LogP contribution in [-0.4, -0.2) is 17.7 Å². The van der Waals surface area contributed by atoms with E-state index >= 15 is 0 Å². The van der Waals surface area contributed by atoms with Gasteiger partial charge in [-0.25, -0.2) is 0 Å². The van der Waals surface area contributed by atoms with Gasteiger partial charge in [-0.15, -0.1) is 0 Å². The largest absolute Gasteiger partial charge is 0.387 e. The van der Waals surface area contributed by atoms with Crippen molar-refractivity contribution in [1.82, 2.24) is 5.32 Å². The number of benzene rings is 1. The zero-order valence-corrected chi connectivity index (χ0v) is 10.2. The summed E-state index contributed by atoms with van der Waals surface area (Å²) in [6, 6.07) is 8.84. The maximum atomic E-state index is 10.4. The van der Waals surface area contributed by atoms with Crippen LogP contribution in [0.4, 0.5) is 0 Å². The lowest BCUT2D eigenvalue weighted by molar-refractivity contribution is 0.137. The lowest BCUT2D eigenvalue weighted by Crippen LogP contribution is -2.28. The zero-order valence-electron chi connectivity index (χ0n) is 10.2. The average molecular weight is 231 g/mol. The molecule has 0 aromatic heterocycles. The van der Waals surface area contributed by atoms with E-state index in [2.05, 4.69) is 29.6 Å². The van der Waals surface area contributed by atoms with E-state index in [1.165, 1.54) is 31.2 Å². The predicted octanol–water partition coefficient (Wildman–Crippen LogP) is 2.74. The summed E-state index contributed by atoms with van der Waals surface area (Å²) in [7, 11) is 0. The van der Waals surface area contributed by atoms with Gasteiger partial charge in [0.05, 0.1) is 6.10 Å². The van der Waals surface area contributed by atoms with Gasteiger partial charge in [-0.3, -0.25) is 0 Å². The maximum absolute atomic E-state index is 10.4. The fourth-order valence-corrected chi connectivity index (χ4v) is 2.95. The first-order valence-electron chi connectivity index (χ1n) is 6.86. The van der Waals surface area contributed by atoms with Crippen molar-refractivity contribution in [2.45, 2.75) is 50.2 Å². The van der Waals surface area contributed by atoms with E-state index in [4.69, 9.17) is 0 Å². The first kappa shape index (κ1) is 11.2. The highest BCUT2D eigenvalue weighted by Gasteiger charge is 2.25. The summed E-state index contributed by atoms with van der Waals surface area (Å²) in [6.45, 7) is 1.05. The van der Waals surface area contributed by atoms with Crippen LogP contribution in [0.2, 0.25) is 0 Å². The Hall–Kier alpha value is -0.860. The summed E-state index contributed by atoms with van der Waals surface area (Å²) >= 11 is 0. The molecule has 2 aliphatic rings. The Labute approximate surface area is 103 Å². The van der Waals surface area contributed by atoms with E-state index in [1.807, 2.05) is 0 Å². The molecule has 3 rings (SSSR count). The fraction of sp³-hybridized carbons (Fsp3) is 0.600. The van der Waals surface area contributed by atoms with Crippen molar-refractivity contribution in [1.29, 1.82) is 0 Å². The first-order chi connectivity index (χ1) is 8.34. The van der Waals surface area contributed by atoms with Crippen LogP contribution >= 0.6 is 0 Å². The summed E-state index contributed by atoms with van der Waals surface area (Å²) in [5.41, 5.74) is 2.51. The van der Waals surface area contributed by atoms with Crippen LogP contribution in [0.1, 0.15) is 55.3 Å². The Bertz CT molecular complexity index is 380. The van der Waals surface area contributed by atoms with Gasteiger partial charge in [-0.05, 0) is 49.3 Å². The van der Waals surface area contributed by atoms with Gasteiger partial charge in [0.25, 0.3) is 0 Å². The minimum atomic E-state index is -0.336. The molecule has 2 atom stereocenters. The number of hydrogen-bond acceptors (Lipinski definition) is 2. The van der Waals surface area contributed by atoms with E-state index in [0.717, 1.165) is 24.4 Å². The molecular formula is C15H21NO. The van der Waals surface area contributed by atoms with Gasteiger partial charge < -0.3 is 10.4 Å². The molecule has 2 N–H and O–H groups in total. The highest BCUT2D eigenvalue weighted by atomic mass is 16.3. The summed E-state index contributed by atoms with van der Waals surface area (Å²) in [6.07, 6.45) is 5.95. The van der Waals surface area contributed by atoms with Crippen LogP contribution in [0, 0.1) is 0 Å². The Kier molecular flexibility index (Phi) is 3.17. The number of aliphatic hydroxyl groups excluding tert-OH is 1. The van der Waals surface area contributed by atoms with Crippen molar-refractivity contribution in [3.63, 3.8) is 0 Å². The third kappa shape index (κ3) is 2.24. The molecule has 2 nitrogen and oxygen atoms in total. The van der Waals surface area contributed by atoms with Crippen molar-refractivity contribution < 1.29 is 5.11 Å². The second-order valence-corrected chi connectivity index (χ2v) is 5.45. The predicted molar refractivity (Wildman–Crippen MR) is 69.0 cm³/mol. The normalized spacial score (nSPS) is 26.8. The molecule has 0 radical (unpaired) electrons. The third-order valence-electron chi connectivity index (χ3n) is 4.31. The van der Waals surface area contributed by atoms with Crippen LogP contribution in [0.5, 0.6) is 0 Å². The van der Waals surface area contributed by atoms with Crippen LogP contribution in [0.3, 0.4) is 0 Å². The van der Waals surface area contributed by atoms with Crippen LogP contribution in [0.15, 0.2) is 24.3 Å². The fourth-order valence-electron chi connectivity index (χ4n) is 2.95. The Morgan fingerprint density at radius 1 is 1.18 bits per heavy atom. The summed E-state index contributed by atoms with van der Waals surface area (Å²) in [5, 5.41) is 13.7. The van der Waals surface area contributed by atoms with Crippen LogP contribution in [-0.2, 0) is 0 Å². The number of aliphatic hydroxyl groups is 1. The molecule has 1 aliphatic heterocycles. The van der Waals surface area contributed by atoms with Crippen LogP contribution < -0.4 is 5.32 Å². The van der Waals surface area contributed by atoms with Crippen molar-refractivity contribution in [2.75, 3.05) is 6.54 Å². The molecule has 2 unspecified atom stereocenters. The van der Waals surface area contributed by atoms with E-state index in [1.54, 1.807) is 0 Å². The zero-order chi connectivity index (χ0) is 11.7. The van der Waals surface area contributed by atoms with Gasteiger partial charge in [0, 0.05) is 6.04 Å². The molecule has 1 aromatic carbocycles. The minimum Gasteiger partial charge on any atom is -0.387 e. The van der Waals surface area contributed by atoms with Crippen molar-refractivity contribution in [2.24, 2.45) is 0 Å². The number of hydrogen-bond donors (Lipinski definition) is 2. The third-order valence-corrected chi connectivity index (χ3v) is 4.31.